The summed E-state index contributed by atoms with van der Waals surface area (Å²) in [4.78, 5) is 30.5. The molecule has 8 nitrogen and oxygen atoms in total. The van der Waals surface area contributed by atoms with Gasteiger partial charge in [-0.2, -0.15) is 0 Å². The van der Waals surface area contributed by atoms with E-state index in [4.69, 9.17) is 15.9 Å². The Morgan fingerprint density at radius 2 is 1.90 bits per heavy atom. The van der Waals surface area contributed by atoms with Crippen LogP contribution in [0.1, 0.15) is 6.92 Å². The number of methoxy groups -OCH3 is 2. The molecule has 0 aliphatic rings. The van der Waals surface area contributed by atoms with Gasteiger partial charge in [0, 0.05) is 19.2 Å². The Labute approximate surface area is 167 Å². The summed E-state index contributed by atoms with van der Waals surface area (Å²) in [5.41, 5.74) is 1.02. The average Bonchev–Trinajstić information content (AvgIpc) is 3.05. The van der Waals surface area contributed by atoms with Crippen LogP contribution in [0.25, 0.3) is 22.6 Å². The van der Waals surface area contributed by atoms with Gasteiger partial charge in [-0.1, -0.05) is 18.1 Å². The van der Waals surface area contributed by atoms with Crippen LogP contribution in [0.4, 0.5) is 0 Å². The third-order valence-electron chi connectivity index (χ3n) is 4.56. The van der Waals surface area contributed by atoms with Crippen LogP contribution in [0.5, 0.6) is 11.5 Å². The first-order valence-corrected chi connectivity index (χ1v) is 8.84. The monoisotopic (exact) mass is 394 g/mol. The molecule has 3 aromatic rings. The molecule has 0 bridgehead atoms. The zero-order valence-corrected chi connectivity index (χ0v) is 16.9. The summed E-state index contributed by atoms with van der Waals surface area (Å²) in [5.74, 6) is 3.97. The topological polar surface area (TPSA) is 80.3 Å². The van der Waals surface area contributed by atoms with Crippen molar-refractivity contribution in [2.45, 2.75) is 20.0 Å². The van der Waals surface area contributed by atoms with E-state index in [1.807, 2.05) is 6.07 Å². The smallest absolute Gasteiger partial charge is 0.333 e. The highest BCUT2D eigenvalue weighted by Gasteiger charge is 2.21. The standard InChI is InChI=1S/C21H22N4O4/c1-7-10-24-20(26)17-19(25(21(24)27)12-13(2)3)22-18(23(17)4)14-8-9-15(28-5)16(11-14)29-6/h1,8-9,11H,2,10,12H2,3-6H3. The van der Waals surface area contributed by atoms with E-state index in [0.29, 0.717) is 22.9 Å². The number of terminal acetylenes is 1. The molecular weight excluding hydrogens is 372 g/mol. The second-order valence-corrected chi connectivity index (χ2v) is 6.66. The SMILES string of the molecule is C#CCn1c(=O)c2c(nc(-c3ccc(OC)c(OC)c3)n2C)n(CC(=C)C)c1=O. The first-order chi connectivity index (χ1) is 13.8. The fourth-order valence-corrected chi connectivity index (χ4v) is 3.24. The summed E-state index contributed by atoms with van der Waals surface area (Å²) in [6, 6.07) is 5.33. The first-order valence-electron chi connectivity index (χ1n) is 8.84. The van der Waals surface area contributed by atoms with Gasteiger partial charge in [-0.05, 0) is 25.1 Å². The number of hydrogen-bond donors (Lipinski definition) is 0. The van der Waals surface area contributed by atoms with Crippen molar-refractivity contribution in [1.29, 1.82) is 0 Å². The maximum Gasteiger partial charge on any atom is 0.333 e. The van der Waals surface area contributed by atoms with E-state index in [1.165, 1.54) is 4.57 Å². The lowest BCUT2D eigenvalue weighted by Crippen LogP contribution is -2.40. The van der Waals surface area contributed by atoms with Crippen LogP contribution in [0.15, 0.2) is 39.9 Å². The summed E-state index contributed by atoms with van der Waals surface area (Å²) in [6.07, 6.45) is 5.36. The molecule has 0 saturated heterocycles. The third-order valence-corrected chi connectivity index (χ3v) is 4.56. The number of imidazole rings is 1. The number of fused-ring (bicyclic) bond motifs is 1. The minimum Gasteiger partial charge on any atom is -0.493 e. The number of hydrogen-bond acceptors (Lipinski definition) is 5. The van der Waals surface area contributed by atoms with Crippen molar-refractivity contribution < 1.29 is 9.47 Å². The van der Waals surface area contributed by atoms with Crippen LogP contribution in [0, 0.1) is 12.3 Å². The molecule has 0 saturated carbocycles. The van der Waals surface area contributed by atoms with Gasteiger partial charge in [0.25, 0.3) is 5.56 Å². The molecule has 3 rings (SSSR count). The summed E-state index contributed by atoms with van der Waals surface area (Å²) >= 11 is 0. The maximum atomic E-state index is 13.0. The quantitative estimate of drug-likeness (QED) is 0.470. The Morgan fingerprint density at radius 1 is 1.21 bits per heavy atom. The van der Waals surface area contributed by atoms with Gasteiger partial charge in [-0.3, -0.25) is 9.36 Å². The maximum absolute atomic E-state index is 13.0. The van der Waals surface area contributed by atoms with Crippen LogP contribution >= 0.6 is 0 Å². The average molecular weight is 394 g/mol. The highest BCUT2D eigenvalue weighted by Crippen LogP contribution is 2.32. The number of ether oxygens (including phenoxy) is 2. The number of rotatable bonds is 6. The number of aryl methyl sites for hydroxylation is 1. The van der Waals surface area contributed by atoms with Crippen LogP contribution in [-0.2, 0) is 20.1 Å². The van der Waals surface area contributed by atoms with E-state index in [2.05, 4.69) is 17.5 Å². The third kappa shape index (κ3) is 3.31. The second kappa shape index (κ2) is 7.72. The number of nitrogens with zero attached hydrogens (tertiary/aromatic N) is 4. The lowest BCUT2D eigenvalue weighted by Gasteiger charge is -2.10. The van der Waals surface area contributed by atoms with E-state index in [0.717, 1.165) is 10.1 Å². The molecule has 0 amide bonds. The first kappa shape index (κ1) is 20.0. The molecule has 2 aromatic heterocycles. The van der Waals surface area contributed by atoms with Gasteiger partial charge >= 0.3 is 5.69 Å². The van der Waals surface area contributed by atoms with Gasteiger partial charge in [0.15, 0.2) is 22.7 Å². The lowest BCUT2D eigenvalue weighted by atomic mass is 10.2. The molecule has 0 aliphatic heterocycles. The predicted molar refractivity (Wildman–Crippen MR) is 111 cm³/mol. The van der Waals surface area contributed by atoms with E-state index >= 15 is 0 Å². The molecule has 8 heteroatoms. The summed E-state index contributed by atoms with van der Waals surface area (Å²) in [6.45, 7) is 5.77. The van der Waals surface area contributed by atoms with Gasteiger partial charge < -0.3 is 14.0 Å². The van der Waals surface area contributed by atoms with Crippen molar-refractivity contribution in [3.8, 4) is 35.2 Å². The summed E-state index contributed by atoms with van der Waals surface area (Å²) in [5, 5.41) is 0. The van der Waals surface area contributed by atoms with Crippen molar-refractivity contribution in [2.75, 3.05) is 14.2 Å². The molecule has 2 heterocycles. The number of allylic oxidation sites excluding steroid dienone is 1. The van der Waals surface area contributed by atoms with Crippen molar-refractivity contribution in [1.82, 2.24) is 18.7 Å². The Morgan fingerprint density at radius 3 is 2.48 bits per heavy atom. The lowest BCUT2D eigenvalue weighted by molar-refractivity contribution is 0.355. The van der Waals surface area contributed by atoms with Gasteiger partial charge in [0.05, 0.1) is 20.8 Å². The van der Waals surface area contributed by atoms with Crippen molar-refractivity contribution >= 4 is 11.2 Å². The molecule has 0 atom stereocenters. The minimum atomic E-state index is -0.514. The predicted octanol–water partition coefficient (Wildman–Crippen LogP) is 1.79. The molecule has 0 N–H and O–H groups in total. The van der Waals surface area contributed by atoms with Crippen molar-refractivity contribution in [3.63, 3.8) is 0 Å². The minimum absolute atomic E-state index is 0.124. The van der Waals surface area contributed by atoms with Gasteiger partial charge in [0.1, 0.15) is 5.82 Å². The highest BCUT2D eigenvalue weighted by molar-refractivity contribution is 5.77. The Hall–Kier alpha value is -3.73. The fourth-order valence-electron chi connectivity index (χ4n) is 3.24. The van der Waals surface area contributed by atoms with Crippen LogP contribution in [-0.4, -0.2) is 32.9 Å². The summed E-state index contributed by atoms with van der Waals surface area (Å²) in [7, 11) is 4.81. The van der Waals surface area contributed by atoms with Crippen molar-refractivity contribution in [3.05, 3.63) is 51.2 Å². The van der Waals surface area contributed by atoms with Crippen LogP contribution < -0.4 is 20.7 Å². The molecule has 1 aromatic carbocycles. The largest absolute Gasteiger partial charge is 0.493 e. The Bertz CT molecular complexity index is 1270. The molecule has 0 fully saturated rings. The normalized spacial score (nSPS) is 10.7. The second-order valence-electron chi connectivity index (χ2n) is 6.66. The number of aromatic nitrogens is 4. The molecule has 150 valence electrons. The Balaban J connectivity index is 2.38. The van der Waals surface area contributed by atoms with E-state index in [-0.39, 0.29) is 24.3 Å². The van der Waals surface area contributed by atoms with Gasteiger partial charge in [0.2, 0.25) is 0 Å². The van der Waals surface area contributed by atoms with Gasteiger partial charge in [-0.25, -0.2) is 14.3 Å². The highest BCUT2D eigenvalue weighted by atomic mass is 16.5. The molecule has 29 heavy (non-hydrogen) atoms. The molecule has 0 unspecified atom stereocenters. The van der Waals surface area contributed by atoms with Gasteiger partial charge in [-0.15, -0.1) is 6.42 Å². The van der Waals surface area contributed by atoms with Crippen molar-refractivity contribution in [2.24, 2.45) is 7.05 Å². The van der Waals surface area contributed by atoms with Crippen LogP contribution in [0.2, 0.25) is 0 Å². The molecular formula is C21H22N4O4. The molecule has 0 spiro atoms. The van der Waals surface area contributed by atoms with E-state index < -0.39 is 11.2 Å². The Kier molecular flexibility index (Phi) is 5.33. The van der Waals surface area contributed by atoms with E-state index in [9.17, 15) is 9.59 Å². The molecule has 0 radical (unpaired) electrons. The van der Waals surface area contributed by atoms with E-state index in [1.54, 1.807) is 44.9 Å². The molecule has 0 aliphatic carbocycles. The summed E-state index contributed by atoms with van der Waals surface area (Å²) < 4.78 is 14.7. The zero-order valence-electron chi connectivity index (χ0n) is 16.9. The number of benzene rings is 1. The van der Waals surface area contributed by atoms with Crippen LogP contribution in [0.3, 0.4) is 0 Å². The fraction of sp³-hybridized carbons (Fsp3) is 0.286. The zero-order chi connectivity index (χ0) is 21.3.